The van der Waals surface area contributed by atoms with E-state index >= 15 is 0 Å². The van der Waals surface area contributed by atoms with Crippen LogP contribution in [-0.4, -0.2) is 9.13 Å². The molecule has 0 aliphatic heterocycles. The molecule has 1 spiro atoms. The average molecular weight is 1070 g/mol. The molecular weight excluding hydrogens is 1000 g/mol. The van der Waals surface area contributed by atoms with Crippen LogP contribution < -0.4 is 4.90 Å². The minimum atomic E-state index is -1.81. The third-order valence-electron chi connectivity index (χ3n) is 17.6. The molecule has 2 aromatic heterocycles. The fraction of sp³-hybridized carbons (Fsp3) is 0.0250. The zero-order valence-electron chi connectivity index (χ0n) is 56.4. The SMILES string of the molecule is [2H]c1c([2H])c2c3c(c([2H])c([2H])c([2H])c3c1[2H])C1(c3cccc4c(N(c5ccc(-c6ccc7c(c6)c6ccccc6n7-c6ccccc6)cc5)c5ccc(-c6ccc7c(c6)c6ccccc6n7-c6ccccc6)cc5)ccc1c34)c1c([2H])c([2H])c([2H])c3c([2H])c([2H])c([2H])c(c13)C2. The Morgan fingerprint density at radius 3 is 1.28 bits per heavy atom. The third-order valence-corrected chi connectivity index (χ3v) is 17.6. The molecule has 3 nitrogen and oxygen atoms in total. The first-order valence-corrected chi connectivity index (χ1v) is 28.0. The number of anilines is 3. The van der Waals surface area contributed by atoms with Gasteiger partial charge in [-0.1, -0.05) is 206 Å². The van der Waals surface area contributed by atoms with Gasteiger partial charge in [-0.3, -0.25) is 0 Å². The highest BCUT2D eigenvalue weighted by atomic mass is 15.1. The Balaban J connectivity index is 0.856. The minimum Gasteiger partial charge on any atom is -0.310 e. The molecular formula is C80H51N3. The predicted molar refractivity (Wildman–Crippen MR) is 348 cm³/mol. The normalized spacial score (nSPS) is 15.1. The van der Waals surface area contributed by atoms with Crippen molar-refractivity contribution in [2.24, 2.45) is 0 Å². The lowest BCUT2D eigenvalue weighted by atomic mass is 9.54. The van der Waals surface area contributed by atoms with Crippen molar-refractivity contribution in [3.05, 3.63) is 330 Å². The summed E-state index contributed by atoms with van der Waals surface area (Å²) >= 11 is 0. The van der Waals surface area contributed by atoms with Crippen LogP contribution in [0, 0.1) is 0 Å². The number of fused-ring (bicyclic) bond motifs is 10. The van der Waals surface area contributed by atoms with E-state index in [2.05, 4.69) is 196 Å². The van der Waals surface area contributed by atoms with Crippen molar-refractivity contribution < 1.29 is 16.4 Å². The number of hydrogen-bond donors (Lipinski definition) is 0. The van der Waals surface area contributed by atoms with Crippen LogP contribution in [0.4, 0.5) is 17.1 Å². The Morgan fingerprint density at radius 2 is 0.759 bits per heavy atom. The summed E-state index contributed by atoms with van der Waals surface area (Å²) in [5.74, 6) is 0. The van der Waals surface area contributed by atoms with Gasteiger partial charge in [0.1, 0.15) is 0 Å². The highest BCUT2D eigenvalue weighted by Gasteiger charge is 2.50. The van der Waals surface area contributed by atoms with Crippen LogP contribution in [0.1, 0.15) is 49.8 Å². The van der Waals surface area contributed by atoms with E-state index in [9.17, 15) is 13.7 Å². The Hall–Kier alpha value is -10.7. The van der Waals surface area contributed by atoms with Gasteiger partial charge in [0, 0.05) is 49.7 Å². The monoisotopic (exact) mass is 1070 g/mol. The van der Waals surface area contributed by atoms with Gasteiger partial charge in [0.2, 0.25) is 0 Å². The average Bonchev–Trinajstić information content (AvgIpc) is 1.23. The summed E-state index contributed by atoms with van der Waals surface area (Å²) in [5, 5.41) is 5.94. The van der Waals surface area contributed by atoms with E-state index in [-0.39, 0.29) is 50.2 Å². The van der Waals surface area contributed by atoms with Crippen molar-refractivity contribution in [1.29, 1.82) is 0 Å². The Kier molecular flexibility index (Phi) is 7.60. The van der Waals surface area contributed by atoms with Crippen molar-refractivity contribution in [3.63, 3.8) is 0 Å². The number of benzene rings is 14. The van der Waals surface area contributed by atoms with Crippen molar-refractivity contribution in [2.45, 2.75) is 11.8 Å². The van der Waals surface area contributed by atoms with Crippen molar-refractivity contribution in [2.75, 3.05) is 4.90 Å². The van der Waals surface area contributed by atoms with E-state index in [0.717, 1.165) is 99.7 Å². The van der Waals surface area contributed by atoms with Crippen molar-refractivity contribution in [1.82, 2.24) is 9.13 Å². The molecule has 0 bridgehead atoms. The molecule has 2 aliphatic carbocycles. The highest BCUT2D eigenvalue weighted by molar-refractivity contribution is 6.14. The summed E-state index contributed by atoms with van der Waals surface area (Å²) in [7, 11) is 0. The summed E-state index contributed by atoms with van der Waals surface area (Å²) in [6.07, 6.45) is -0.339. The first-order valence-electron chi connectivity index (χ1n) is 34.0. The van der Waals surface area contributed by atoms with Gasteiger partial charge in [-0.15, -0.1) is 0 Å². The van der Waals surface area contributed by atoms with Crippen LogP contribution in [0.25, 0.3) is 110 Å². The number of rotatable bonds is 7. The Bertz CT molecular complexity index is 5730. The van der Waals surface area contributed by atoms with Gasteiger partial charge in [-0.25, -0.2) is 0 Å². The lowest BCUT2D eigenvalue weighted by Crippen LogP contribution is -2.39. The second-order valence-corrected chi connectivity index (χ2v) is 21.8. The molecule has 0 N–H and O–H groups in total. The summed E-state index contributed by atoms with van der Waals surface area (Å²) < 4.78 is 119. The molecule has 2 aliphatic rings. The van der Waals surface area contributed by atoms with E-state index in [1.165, 1.54) is 0 Å². The van der Waals surface area contributed by atoms with Crippen molar-refractivity contribution >= 4 is 93.0 Å². The maximum Gasteiger partial charge on any atom is 0.0725 e. The summed E-state index contributed by atoms with van der Waals surface area (Å²) in [5.41, 5.74) is 12.7. The van der Waals surface area contributed by atoms with Gasteiger partial charge in [0.25, 0.3) is 0 Å². The molecule has 14 aromatic carbocycles. The molecule has 0 fully saturated rings. The predicted octanol–water partition coefficient (Wildman–Crippen LogP) is 20.7. The lowest BCUT2D eigenvalue weighted by Gasteiger charge is -2.48. The van der Waals surface area contributed by atoms with Gasteiger partial charge < -0.3 is 14.0 Å². The number of aromatic nitrogens is 2. The summed E-state index contributed by atoms with van der Waals surface area (Å²) in [6.45, 7) is 0. The Morgan fingerprint density at radius 1 is 0.325 bits per heavy atom. The third kappa shape index (κ3) is 6.56. The topological polar surface area (TPSA) is 13.1 Å². The largest absolute Gasteiger partial charge is 0.310 e. The molecule has 0 saturated heterocycles. The second-order valence-electron chi connectivity index (χ2n) is 21.8. The van der Waals surface area contributed by atoms with Crippen LogP contribution in [-0.2, 0) is 11.8 Å². The Labute approximate surface area is 497 Å². The fourth-order valence-electron chi connectivity index (χ4n) is 14.1. The zero-order chi connectivity index (χ0) is 64.8. The molecule has 0 saturated carbocycles. The molecule has 18 rings (SSSR count). The van der Waals surface area contributed by atoms with Crippen LogP contribution in [0.5, 0.6) is 0 Å². The van der Waals surface area contributed by atoms with Gasteiger partial charge >= 0.3 is 0 Å². The van der Waals surface area contributed by atoms with E-state index in [1.54, 1.807) is 0 Å². The summed E-state index contributed by atoms with van der Waals surface area (Å²) in [4.78, 5) is 2.20. The second kappa shape index (κ2) is 17.6. The number of para-hydroxylation sites is 4. The molecule has 0 radical (unpaired) electrons. The van der Waals surface area contributed by atoms with Gasteiger partial charge in [-0.2, -0.15) is 0 Å². The first-order chi connectivity index (χ1) is 46.2. The first kappa shape index (κ1) is 35.8. The van der Waals surface area contributed by atoms with Crippen LogP contribution in [0.2, 0.25) is 0 Å². The van der Waals surface area contributed by atoms with Gasteiger partial charge in [-0.05, 0) is 180 Å². The maximum absolute atomic E-state index is 10.1. The lowest BCUT2D eigenvalue weighted by molar-refractivity contribution is 0.734. The molecule has 0 atom stereocenters. The fourth-order valence-corrected chi connectivity index (χ4v) is 14.1. The quantitative estimate of drug-likeness (QED) is 0.155. The highest BCUT2D eigenvalue weighted by Crippen LogP contribution is 2.62. The van der Waals surface area contributed by atoms with E-state index in [4.69, 9.17) is 2.74 Å². The van der Waals surface area contributed by atoms with Crippen LogP contribution in [0.15, 0.2) is 297 Å². The maximum atomic E-state index is 10.1. The smallest absolute Gasteiger partial charge is 0.0725 e. The molecule has 3 heteroatoms. The summed E-state index contributed by atoms with van der Waals surface area (Å²) in [6, 6.07) is 72.0. The molecule has 83 heavy (non-hydrogen) atoms. The standard InChI is InChI=1S/C80H51N3/c1-3-22-59(23-4-1)82-72-32-9-7-26-63(72)66-49-55(38-45-75(66)82)51-34-40-61(41-35-51)81(62-42-36-52(37-43-62)56-39-46-76-67(50-56)64-27-8-10-33-73(64)83(76)60-24-5-2-6-25-60)74-47-44-71-79-65(74)28-15-31-70(79)80(71)68-29-13-18-53-16-11-20-57(77(53)68)48-58-21-12-17-54-19-14-30-69(80)78(54)58/h1-47,49-50H,48H2/i11D,12D,13D,14D,16D,17D,18D,19D,20D,21D,29D,30D. The molecule has 386 valence electrons. The van der Waals surface area contributed by atoms with Crippen LogP contribution in [0.3, 0.4) is 0 Å². The van der Waals surface area contributed by atoms with Gasteiger partial charge in [0.05, 0.1) is 49.6 Å². The van der Waals surface area contributed by atoms with E-state index < -0.39 is 77.9 Å². The van der Waals surface area contributed by atoms with E-state index in [0.29, 0.717) is 16.5 Å². The molecule has 2 heterocycles. The van der Waals surface area contributed by atoms with E-state index in [1.807, 2.05) is 42.5 Å². The molecule has 16 aromatic rings. The number of nitrogens with zero attached hydrogens (tertiary/aromatic N) is 3. The van der Waals surface area contributed by atoms with Gasteiger partial charge in [0.15, 0.2) is 0 Å². The molecule has 0 amide bonds. The van der Waals surface area contributed by atoms with Crippen LogP contribution >= 0.6 is 0 Å². The number of hydrogen-bond acceptors (Lipinski definition) is 1. The zero-order valence-corrected chi connectivity index (χ0v) is 44.4. The molecule has 0 unspecified atom stereocenters. The van der Waals surface area contributed by atoms with Crippen molar-refractivity contribution in [3.8, 4) is 33.6 Å². The minimum absolute atomic E-state index is 0.0810.